The van der Waals surface area contributed by atoms with Crippen molar-refractivity contribution in [3.8, 4) is 0 Å². The van der Waals surface area contributed by atoms with E-state index in [1.54, 1.807) is 29.5 Å². The number of alkyl halides is 2. The van der Waals surface area contributed by atoms with Crippen LogP contribution in [0.25, 0.3) is 0 Å². The largest absolute Gasteiger partial charge is 0.266 e. The number of halogens is 4. The molecule has 0 saturated carbocycles. The van der Waals surface area contributed by atoms with Crippen molar-refractivity contribution >= 4 is 38.5 Å². The summed E-state index contributed by atoms with van der Waals surface area (Å²) in [6, 6.07) is 1.41. The van der Waals surface area contributed by atoms with Gasteiger partial charge in [0.05, 0.1) is 11.3 Å². The lowest BCUT2D eigenvalue weighted by Gasteiger charge is -2.04. The molecule has 0 amide bonds. The van der Waals surface area contributed by atoms with Crippen LogP contribution in [-0.2, 0) is 0 Å². The van der Waals surface area contributed by atoms with Gasteiger partial charge in [-0.15, -0.1) is 0 Å². The number of pyridine rings is 1. The first-order valence-electron chi connectivity index (χ1n) is 3.13. The van der Waals surface area contributed by atoms with Gasteiger partial charge in [0.1, 0.15) is 3.70 Å². The molecular weight excluding hydrogens is 343 g/mol. The summed E-state index contributed by atoms with van der Waals surface area (Å²) in [4.78, 5) is 3.95. The smallest absolute Gasteiger partial charge is 0.246 e. The quantitative estimate of drug-likeness (QED) is 0.557. The zero-order chi connectivity index (χ0) is 9.30. The average Bonchev–Trinajstić information content (AvgIpc) is 1.96. The van der Waals surface area contributed by atoms with Crippen molar-refractivity contribution in [3.05, 3.63) is 25.5 Å². The van der Waals surface area contributed by atoms with E-state index in [2.05, 4.69) is 20.9 Å². The molecule has 1 aromatic rings. The number of aryl methyl sites for hydroxylation is 1. The fourth-order valence-electron chi connectivity index (χ4n) is 0.719. The Kier molecular flexibility index (Phi) is 3.39. The Hall–Kier alpha value is 0.220. The minimum absolute atomic E-state index is 0.0203. The molecule has 0 unspecified atom stereocenters. The minimum Gasteiger partial charge on any atom is -0.246 e. The summed E-state index contributed by atoms with van der Waals surface area (Å²) in [7, 11) is 0. The molecular formula is C7H5BrF2IN. The van der Waals surface area contributed by atoms with Crippen molar-refractivity contribution in [2.24, 2.45) is 0 Å². The van der Waals surface area contributed by atoms with Crippen molar-refractivity contribution < 1.29 is 8.78 Å². The van der Waals surface area contributed by atoms with Crippen LogP contribution in [0.3, 0.4) is 0 Å². The molecule has 0 aliphatic carbocycles. The van der Waals surface area contributed by atoms with Gasteiger partial charge in [-0.3, -0.25) is 0 Å². The molecule has 1 heterocycles. The molecule has 0 saturated heterocycles. The van der Waals surface area contributed by atoms with Gasteiger partial charge in [-0.2, -0.15) is 0 Å². The van der Waals surface area contributed by atoms with Gasteiger partial charge in [0.15, 0.2) is 0 Å². The third-order valence-corrected chi connectivity index (χ3v) is 3.03. The van der Waals surface area contributed by atoms with Gasteiger partial charge >= 0.3 is 0 Å². The minimum atomic E-state index is -2.46. The Labute approximate surface area is 90.8 Å². The average molecular weight is 348 g/mol. The van der Waals surface area contributed by atoms with E-state index in [1.165, 1.54) is 6.07 Å². The van der Waals surface area contributed by atoms with Crippen LogP contribution in [0.1, 0.15) is 17.7 Å². The molecule has 0 bridgehead atoms. The van der Waals surface area contributed by atoms with Crippen LogP contribution in [0.5, 0.6) is 0 Å². The Bertz CT molecular complexity index is 304. The van der Waals surface area contributed by atoms with E-state index in [-0.39, 0.29) is 5.56 Å². The Balaban J connectivity index is 3.23. The maximum Gasteiger partial charge on any atom is 0.266 e. The highest BCUT2D eigenvalue weighted by Crippen LogP contribution is 2.27. The van der Waals surface area contributed by atoms with Gasteiger partial charge in [-0.05, 0) is 51.5 Å². The molecule has 0 aliphatic rings. The topological polar surface area (TPSA) is 12.9 Å². The maximum absolute atomic E-state index is 12.3. The maximum atomic E-state index is 12.3. The van der Waals surface area contributed by atoms with Crippen LogP contribution in [-0.4, -0.2) is 4.98 Å². The van der Waals surface area contributed by atoms with Gasteiger partial charge in [-0.1, -0.05) is 0 Å². The summed E-state index contributed by atoms with van der Waals surface area (Å²) >= 11 is 4.96. The summed E-state index contributed by atoms with van der Waals surface area (Å²) in [5, 5.41) is 0. The van der Waals surface area contributed by atoms with Gasteiger partial charge in [0.25, 0.3) is 6.43 Å². The highest BCUT2D eigenvalue weighted by Gasteiger charge is 2.14. The SMILES string of the molecule is Cc1nc(I)c(C(F)F)cc1Br. The lowest BCUT2D eigenvalue weighted by molar-refractivity contribution is 0.149. The molecule has 0 N–H and O–H groups in total. The highest BCUT2D eigenvalue weighted by molar-refractivity contribution is 14.1. The Morgan fingerprint density at radius 1 is 1.58 bits per heavy atom. The zero-order valence-corrected chi connectivity index (χ0v) is 9.86. The first-order valence-corrected chi connectivity index (χ1v) is 5.00. The van der Waals surface area contributed by atoms with Crippen molar-refractivity contribution in [1.29, 1.82) is 0 Å². The van der Waals surface area contributed by atoms with Crippen LogP contribution < -0.4 is 0 Å². The van der Waals surface area contributed by atoms with E-state index in [0.29, 0.717) is 8.17 Å². The highest BCUT2D eigenvalue weighted by atomic mass is 127. The van der Waals surface area contributed by atoms with Crippen molar-refractivity contribution in [2.75, 3.05) is 0 Å². The molecule has 12 heavy (non-hydrogen) atoms. The number of rotatable bonds is 1. The summed E-state index contributed by atoms with van der Waals surface area (Å²) in [6.07, 6.45) is -2.46. The number of hydrogen-bond donors (Lipinski definition) is 0. The molecule has 0 aromatic carbocycles. The molecule has 1 nitrogen and oxygen atoms in total. The third-order valence-electron chi connectivity index (χ3n) is 1.37. The van der Waals surface area contributed by atoms with Crippen molar-refractivity contribution in [3.63, 3.8) is 0 Å². The monoisotopic (exact) mass is 347 g/mol. The Morgan fingerprint density at radius 2 is 2.17 bits per heavy atom. The molecule has 0 atom stereocenters. The van der Waals surface area contributed by atoms with E-state index in [1.807, 2.05) is 0 Å². The first-order chi connectivity index (χ1) is 5.52. The lowest BCUT2D eigenvalue weighted by Crippen LogP contribution is -1.95. The van der Waals surface area contributed by atoms with E-state index >= 15 is 0 Å². The van der Waals surface area contributed by atoms with Crippen LogP contribution in [0.4, 0.5) is 8.78 Å². The molecule has 66 valence electrons. The lowest BCUT2D eigenvalue weighted by atomic mass is 10.3. The number of nitrogens with zero attached hydrogens (tertiary/aromatic N) is 1. The second kappa shape index (κ2) is 3.95. The van der Waals surface area contributed by atoms with E-state index in [4.69, 9.17) is 0 Å². The molecule has 0 fully saturated rings. The standard InChI is InChI=1S/C7H5BrF2IN/c1-3-5(8)2-4(6(9)10)7(11)12-3/h2,6H,1H3. The van der Waals surface area contributed by atoms with E-state index < -0.39 is 6.43 Å². The second-order valence-corrected chi connectivity index (χ2v) is 4.11. The van der Waals surface area contributed by atoms with Gasteiger partial charge < -0.3 is 0 Å². The summed E-state index contributed by atoms with van der Waals surface area (Å²) < 4.78 is 25.5. The van der Waals surface area contributed by atoms with Gasteiger partial charge in [-0.25, -0.2) is 13.8 Å². The zero-order valence-electron chi connectivity index (χ0n) is 6.11. The van der Waals surface area contributed by atoms with Crippen LogP contribution >= 0.6 is 38.5 Å². The fourth-order valence-corrected chi connectivity index (χ4v) is 1.81. The fraction of sp³-hybridized carbons (Fsp3) is 0.286. The molecule has 0 spiro atoms. The molecule has 5 heteroatoms. The van der Waals surface area contributed by atoms with Crippen LogP contribution in [0.15, 0.2) is 10.5 Å². The predicted molar refractivity (Wildman–Crippen MR) is 54.3 cm³/mol. The predicted octanol–water partition coefficient (Wildman–Crippen LogP) is 3.69. The molecule has 1 rings (SSSR count). The van der Waals surface area contributed by atoms with Gasteiger partial charge in [0.2, 0.25) is 0 Å². The summed E-state index contributed by atoms with van der Waals surface area (Å²) in [6.45, 7) is 1.77. The number of hydrogen-bond acceptors (Lipinski definition) is 1. The summed E-state index contributed by atoms with van der Waals surface area (Å²) in [5.41, 5.74) is 0.705. The van der Waals surface area contributed by atoms with Crippen molar-refractivity contribution in [2.45, 2.75) is 13.3 Å². The summed E-state index contributed by atoms with van der Waals surface area (Å²) in [5.74, 6) is 0. The van der Waals surface area contributed by atoms with Crippen LogP contribution in [0, 0.1) is 10.6 Å². The van der Waals surface area contributed by atoms with E-state index in [9.17, 15) is 8.78 Å². The van der Waals surface area contributed by atoms with Gasteiger partial charge in [0, 0.05) is 4.47 Å². The first kappa shape index (κ1) is 10.3. The third kappa shape index (κ3) is 2.12. The van der Waals surface area contributed by atoms with Crippen molar-refractivity contribution in [1.82, 2.24) is 4.98 Å². The normalized spacial score (nSPS) is 10.8. The molecule has 0 aliphatic heterocycles. The molecule has 1 aromatic heterocycles. The van der Waals surface area contributed by atoms with Crippen LogP contribution in [0.2, 0.25) is 0 Å². The Morgan fingerprint density at radius 3 is 2.67 bits per heavy atom. The number of aromatic nitrogens is 1. The van der Waals surface area contributed by atoms with E-state index in [0.717, 1.165) is 5.69 Å². The molecule has 0 radical (unpaired) electrons. The second-order valence-electron chi connectivity index (χ2n) is 2.24.